The van der Waals surface area contributed by atoms with Crippen LogP contribution < -0.4 is 4.90 Å². The van der Waals surface area contributed by atoms with Gasteiger partial charge in [0.15, 0.2) is 15.6 Å². The number of nitrogens with zero attached hydrogens (tertiary/aromatic N) is 3. The molecule has 0 spiro atoms. The fourth-order valence-electron chi connectivity index (χ4n) is 2.72. The average molecular weight is 410 g/mol. The third kappa shape index (κ3) is 2.80. The molecule has 1 aromatic carbocycles. The van der Waals surface area contributed by atoms with Gasteiger partial charge in [0.25, 0.3) is 5.91 Å². The third-order valence-electron chi connectivity index (χ3n) is 3.98. The van der Waals surface area contributed by atoms with Crippen molar-refractivity contribution >= 4 is 48.5 Å². The van der Waals surface area contributed by atoms with Gasteiger partial charge >= 0.3 is 0 Å². The van der Waals surface area contributed by atoms with Gasteiger partial charge in [0.1, 0.15) is 11.3 Å². The highest BCUT2D eigenvalue weighted by atomic mass is 79.9. The highest BCUT2D eigenvalue weighted by Gasteiger charge is 2.25. The lowest BCUT2D eigenvalue weighted by atomic mass is 10.3. The monoisotopic (exact) mass is 409 g/mol. The van der Waals surface area contributed by atoms with E-state index in [0.717, 1.165) is 9.83 Å². The van der Waals surface area contributed by atoms with E-state index < -0.39 is 0 Å². The summed E-state index contributed by atoms with van der Waals surface area (Å²) < 4.78 is 20.5. The van der Waals surface area contributed by atoms with E-state index in [0.29, 0.717) is 42.1 Å². The molecule has 1 aliphatic rings. The van der Waals surface area contributed by atoms with E-state index in [1.807, 2.05) is 6.07 Å². The number of para-hydroxylation sites is 1. The van der Waals surface area contributed by atoms with Crippen LogP contribution in [0.5, 0.6) is 0 Å². The van der Waals surface area contributed by atoms with Crippen molar-refractivity contribution in [2.75, 3.05) is 31.1 Å². The van der Waals surface area contributed by atoms with E-state index in [-0.39, 0.29) is 11.7 Å². The van der Waals surface area contributed by atoms with Gasteiger partial charge < -0.3 is 14.2 Å². The minimum absolute atomic E-state index is 0.115. The minimum atomic E-state index is -0.299. The summed E-state index contributed by atoms with van der Waals surface area (Å²) in [5.74, 6) is -0.0831. The molecule has 0 aliphatic carbocycles. The highest BCUT2D eigenvalue weighted by Crippen LogP contribution is 2.30. The standard InChI is InChI=1S/C16H13BrFN3O2S/c17-13-5-4-11(23-13)15(22)20-6-8-21(9-7-20)16-19-14-10(18)2-1-3-12(14)24-16/h1-5H,6-9H2. The molecule has 1 fully saturated rings. The topological polar surface area (TPSA) is 49.6 Å². The number of amides is 1. The minimum Gasteiger partial charge on any atom is -0.444 e. The molecule has 1 aliphatic heterocycles. The fourth-order valence-corrected chi connectivity index (χ4v) is 4.06. The number of rotatable bonds is 2. The lowest BCUT2D eigenvalue weighted by Crippen LogP contribution is -2.48. The zero-order chi connectivity index (χ0) is 16.7. The molecule has 24 heavy (non-hydrogen) atoms. The predicted octanol–water partition coefficient (Wildman–Crippen LogP) is 3.75. The normalized spacial score (nSPS) is 15.2. The Labute approximate surface area is 149 Å². The van der Waals surface area contributed by atoms with Crippen LogP contribution in [0.25, 0.3) is 10.2 Å². The van der Waals surface area contributed by atoms with Crippen molar-refractivity contribution in [2.24, 2.45) is 0 Å². The summed E-state index contributed by atoms with van der Waals surface area (Å²) >= 11 is 4.68. The average Bonchev–Trinajstić information content (AvgIpc) is 3.21. The molecular weight excluding hydrogens is 397 g/mol. The molecule has 2 aromatic heterocycles. The summed E-state index contributed by atoms with van der Waals surface area (Å²) in [6.45, 7) is 2.48. The second-order valence-electron chi connectivity index (χ2n) is 5.47. The van der Waals surface area contributed by atoms with Gasteiger partial charge in [0, 0.05) is 26.2 Å². The van der Waals surface area contributed by atoms with Crippen molar-refractivity contribution in [3.05, 3.63) is 46.6 Å². The maximum absolute atomic E-state index is 13.8. The molecular formula is C16H13BrFN3O2S. The quantitative estimate of drug-likeness (QED) is 0.646. The molecule has 1 amide bonds. The molecule has 0 N–H and O–H groups in total. The van der Waals surface area contributed by atoms with Gasteiger partial charge in [-0.25, -0.2) is 9.37 Å². The Kier molecular flexibility index (Phi) is 4.01. The van der Waals surface area contributed by atoms with Crippen molar-refractivity contribution in [2.45, 2.75) is 0 Å². The first-order chi connectivity index (χ1) is 11.6. The molecule has 0 unspecified atom stereocenters. The molecule has 0 radical (unpaired) electrons. The number of piperazine rings is 1. The van der Waals surface area contributed by atoms with Gasteiger partial charge in [0.05, 0.1) is 4.70 Å². The fraction of sp³-hybridized carbons (Fsp3) is 0.250. The van der Waals surface area contributed by atoms with E-state index in [1.54, 1.807) is 23.1 Å². The molecule has 4 rings (SSSR count). The molecule has 5 nitrogen and oxygen atoms in total. The van der Waals surface area contributed by atoms with Crippen molar-refractivity contribution in [1.29, 1.82) is 0 Å². The van der Waals surface area contributed by atoms with Crippen LogP contribution in [-0.2, 0) is 0 Å². The SMILES string of the molecule is O=C(c1ccc(Br)o1)N1CCN(c2nc3c(F)cccc3s2)CC1. The number of halogens is 2. The van der Waals surface area contributed by atoms with Crippen LogP contribution in [0.2, 0.25) is 0 Å². The Morgan fingerprint density at radius 2 is 2.00 bits per heavy atom. The number of carbonyl (C=O) groups is 1. The molecule has 124 valence electrons. The van der Waals surface area contributed by atoms with Gasteiger partial charge in [-0.1, -0.05) is 17.4 Å². The molecule has 0 saturated carbocycles. The first-order valence-electron chi connectivity index (χ1n) is 7.46. The lowest BCUT2D eigenvalue weighted by molar-refractivity contribution is 0.0713. The smallest absolute Gasteiger partial charge is 0.289 e. The summed E-state index contributed by atoms with van der Waals surface area (Å²) in [5.41, 5.74) is 0.413. The largest absolute Gasteiger partial charge is 0.444 e. The Hall–Kier alpha value is -1.93. The van der Waals surface area contributed by atoms with Gasteiger partial charge in [-0.15, -0.1) is 0 Å². The summed E-state index contributed by atoms with van der Waals surface area (Å²) in [7, 11) is 0. The molecule has 1 saturated heterocycles. The number of hydrogen-bond donors (Lipinski definition) is 0. The van der Waals surface area contributed by atoms with Crippen LogP contribution in [-0.4, -0.2) is 42.0 Å². The van der Waals surface area contributed by atoms with E-state index in [1.165, 1.54) is 17.4 Å². The first kappa shape index (κ1) is 15.6. The zero-order valence-electron chi connectivity index (χ0n) is 12.5. The number of anilines is 1. The summed E-state index contributed by atoms with van der Waals surface area (Å²) in [6, 6.07) is 8.35. The maximum atomic E-state index is 13.8. The van der Waals surface area contributed by atoms with Gasteiger partial charge in [-0.2, -0.15) is 0 Å². The van der Waals surface area contributed by atoms with Crippen LogP contribution in [0.3, 0.4) is 0 Å². The van der Waals surface area contributed by atoms with Crippen molar-refractivity contribution in [1.82, 2.24) is 9.88 Å². The number of benzene rings is 1. The Balaban J connectivity index is 1.47. The Morgan fingerprint density at radius 1 is 1.21 bits per heavy atom. The van der Waals surface area contributed by atoms with E-state index in [4.69, 9.17) is 4.42 Å². The van der Waals surface area contributed by atoms with Crippen LogP contribution in [0.1, 0.15) is 10.6 Å². The van der Waals surface area contributed by atoms with Gasteiger partial charge in [-0.3, -0.25) is 4.79 Å². The summed E-state index contributed by atoms with van der Waals surface area (Å²) in [4.78, 5) is 20.6. The summed E-state index contributed by atoms with van der Waals surface area (Å²) in [6.07, 6.45) is 0. The molecule has 3 heterocycles. The maximum Gasteiger partial charge on any atom is 0.289 e. The number of aromatic nitrogens is 1. The zero-order valence-corrected chi connectivity index (χ0v) is 14.9. The van der Waals surface area contributed by atoms with Crippen molar-refractivity contribution in [3.8, 4) is 0 Å². The van der Waals surface area contributed by atoms with E-state index >= 15 is 0 Å². The van der Waals surface area contributed by atoms with E-state index in [2.05, 4.69) is 25.8 Å². The van der Waals surface area contributed by atoms with Crippen molar-refractivity contribution in [3.63, 3.8) is 0 Å². The van der Waals surface area contributed by atoms with Crippen LogP contribution >= 0.6 is 27.3 Å². The number of fused-ring (bicyclic) bond motifs is 1. The predicted molar refractivity (Wildman–Crippen MR) is 94.1 cm³/mol. The second kappa shape index (κ2) is 6.18. The van der Waals surface area contributed by atoms with Gasteiger partial charge in [0.2, 0.25) is 0 Å². The van der Waals surface area contributed by atoms with Crippen molar-refractivity contribution < 1.29 is 13.6 Å². The Bertz CT molecular complexity index is 902. The number of furan rings is 1. The third-order valence-corrected chi connectivity index (χ3v) is 5.49. The van der Waals surface area contributed by atoms with Gasteiger partial charge in [-0.05, 0) is 40.2 Å². The van der Waals surface area contributed by atoms with E-state index in [9.17, 15) is 9.18 Å². The molecule has 3 aromatic rings. The highest BCUT2D eigenvalue weighted by molar-refractivity contribution is 9.10. The first-order valence-corrected chi connectivity index (χ1v) is 9.07. The van der Waals surface area contributed by atoms with Crippen LogP contribution in [0.15, 0.2) is 39.4 Å². The van der Waals surface area contributed by atoms with Crippen LogP contribution in [0.4, 0.5) is 9.52 Å². The Morgan fingerprint density at radius 3 is 2.67 bits per heavy atom. The molecule has 8 heteroatoms. The second-order valence-corrected chi connectivity index (χ2v) is 7.26. The lowest BCUT2D eigenvalue weighted by Gasteiger charge is -2.34. The molecule has 0 atom stereocenters. The summed E-state index contributed by atoms with van der Waals surface area (Å²) in [5, 5.41) is 0.794. The number of hydrogen-bond acceptors (Lipinski definition) is 5. The number of carbonyl (C=O) groups excluding carboxylic acids is 1. The molecule has 0 bridgehead atoms. The number of thiazole rings is 1. The van der Waals surface area contributed by atoms with Crippen LogP contribution in [0, 0.1) is 5.82 Å².